The second-order valence-corrected chi connectivity index (χ2v) is 6.01. The van der Waals surface area contributed by atoms with Crippen LogP contribution in [0.3, 0.4) is 0 Å². The summed E-state index contributed by atoms with van der Waals surface area (Å²) in [6.07, 6.45) is 9.19. The molecule has 0 atom stereocenters. The molecule has 2 fully saturated rings. The molecule has 0 heterocycles. The van der Waals surface area contributed by atoms with Crippen LogP contribution in [0.1, 0.15) is 58.3 Å². The molecule has 2 rings (SSSR count). The van der Waals surface area contributed by atoms with E-state index < -0.39 is 0 Å². The second kappa shape index (κ2) is 4.87. The van der Waals surface area contributed by atoms with Gasteiger partial charge in [-0.2, -0.15) is 0 Å². The van der Waals surface area contributed by atoms with Gasteiger partial charge in [-0.1, -0.05) is 32.6 Å². The van der Waals surface area contributed by atoms with Crippen molar-refractivity contribution in [3.8, 4) is 0 Å². The van der Waals surface area contributed by atoms with Crippen LogP contribution in [0, 0.1) is 17.3 Å². The average Bonchev–Trinajstić information content (AvgIpc) is 2.79. The van der Waals surface area contributed by atoms with Gasteiger partial charge in [0.2, 0.25) is 0 Å². The maximum Gasteiger partial charge on any atom is 0.143 e. The van der Waals surface area contributed by atoms with Gasteiger partial charge in [0.15, 0.2) is 0 Å². The molecule has 0 aromatic carbocycles. The first-order valence-corrected chi connectivity index (χ1v) is 6.92. The average molecular weight is 223 g/mol. The first kappa shape index (κ1) is 12.1. The second-order valence-electron chi connectivity index (χ2n) is 6.01. The Labute approximate surface area is 99.0 Å². The molecule has 0 aliphatic heterocycles. The molecule has 92 valence electrons. The Bertz CT molecular complexity index is 247. The summed E-state index contributed by atoms with van der Waals surface area (Å²) in [5.74, 6) is 1.67. The zero-order valence-electron chi connectivity index (χ0n) is 10.5. The molecule has 2 aliphatic carbocycles. The molecule has 2 saturated carbocycles. The quantitative estimate of drug-likeness (QED) is 0.799. The van der Waals surface area contributed by atoms with E-state index in [1.54, 1.807) is 0 Å². The Morgan fingerprint density at radius 2 is 1.75 bits per heavy atom. The Morgan fingerprint density at radius 3 is 2.25 bits per heavy atom. The fourth-order valence-corrected chi connectivity index (χ4v) is 3.56. The maximum atomic E-state index is 12.6. The summed E-state index contributed by atoms with van der Waals surface area (Å²) in [5.41, 5.74) is 5.76. The molecule has 2 heteroatoms. The highest BCUT2D eigenvalue weighted by Gasteiger charge is 2.43. The van der Waals surface area contributed by atoms with Gasteiger partial charge < -0.3 is 5.73 Å². The molecular weight excluding hydrogens is 198 g/mol. The van der Waals surface area contributed by atoms with Gasteiger partial charge in [-0.15, -0.1) is 0 Å². The van der Waals surface area contributed by atoms with Crippen LogP contribution in [0.25, 0.3) is 0 Å². The number of hydrogen-bond donors (Lipinski definition) is 1. The van der Waals surface area contributed by atoms with E-state index in [1.165, 1.54) is 25.7 Å². The van der Waals surface area contributed by atoms with Crippen molar-refractivity contribution in [3.05, 3.63) is 0 Å². The van der Waals surface area contributed by atoms with Gasteiger partial charge in [0.05, 0.1) is 0 Å². The summed E-state index contributed by atoms with van der Waals surface area (Å²) >= 11 is 0. The normalized spacial score (nSPS) is 33.9. The van der Waals surface area contributed by atoms with Crippen molar-refractivity contribution in [1.82, 2.24) is 0 Å². The van der Waals surface area contributed by atoms with Crippen LogP contribution in [0.2, 0.25) is 0 Å². The fraction of sp³-hybridized carbons (Fsp3) is 0.929. The Balaban J connectivity index is 2.00. The molecule has 0 spiro atoms. The molecule has 0 unspecified atom stereocenters. The van der Waals surface area contributed by atoms with Crippen molar-refractivity contribution in [2.24, 2.45) is 23.0 Å². The summed E-state index contributed by atoms with van der Waals surface area (Å²) in [4.78, 5) is 12.6. The summed E-state index contributed by atoms with van der Waals surface area (Å²) in [7, 11) is 0. The van der Waals surface area contributed by atoms with Crippen LogP contribution in [0.4, 0.5) is 0 Å². The van der Waals surface area contributed by atoms with Crippen molar-refractivity contribution >= 4 is 5.78 Å². The number of ketones is 1. The lowest BCUT2D eigenvalue weighted by molar-refractivity contribution is -0.133. The lowest BCUT2D eigenvalue weighted by Gasteiger charge is -2.33. The van der Waals surface area contributed by atoms with Crippen molar-refractivity contribution in [2.75, 3.05) is 6.54 Å². The molecule has 0 bridgehead atoms. The predicted molar refractivity (Wildman–Crippen MR) is 66.1 cm³/mol. The molecule has 0 aromatic rings. The number of hydrogen-bond acceptors (Lipinski definition) is 2. The van der Waals surface area contributed by atoms with Crippen LogP contribution in [0.15, 0.2) is 0 Å². The number of carbonyl (C=O) groups is 1. The van der Waals surface area contributed by atoms with Crippen LogP contribution in [0.5, 0.6) is 0 Å². The largest absolute Gasteiger partial charge is 0.329 e. The van der Waals surface area contributed by atoms with Gasteiger partial charge in [0, 0.05) is 17.9 Å². The van der Waals surface area contributed by atoms with Crippen LogP contribution < -0.4 is 5.73 Å². The van der Waals surface area contributed by atoms with Crippen molar-refractivity contribution in [2.45, 2.75) is 58.3 Å². The smallest absolute Gasteiger partial charge is 0.143 e. The number of rotatable bonds is 3. The van der Waals surface area contributed by atoms with Gasteiger partial charge in [-0.3, -0.25) is 4.79 Å². The third-order valence-electron chi connectivity index (χ3n) is 4.86. The minimum absolute atomic E-state index is 0.120. The van der Waals surface area contributed by atoms with Gasteiger partial charge in [0.1, 0.15) is 5.78 Å². The molecule has 2 N–H and O–H groups in total. The van der Waals surface area contributed by atoms with Crippen molar-refractivity contribution < 1.29 is 4.79 Å². The summed E-state index contributed by atoms with van der Waals surface area (Å²) in [5, 5.41) is 0. The first-order chi connectivity index (χ1) is 7.68. The minimum atomic E-state index is -0.120. The van der Waals surface area contributed by atoms with E-state index in [9.17, 15) is 4.79 Å². The standard InChI is InChI=1S/C14H25NO/c1-11-4-6-12(7-5-11)13(16)14(10-15)8-2-3-9-14/h11-12H,2-10,15H2,1H3. The molecular formula is C14H25NO. The summed E-state index contributed by atoms with van der Waals surface area (Å²) in [6, 6.07) is 0. The highest BCUT2D eigenvalue weighted by Crippen LogP contribution is 2.43. The van der Waals surface area contributed by atoms with Crippen molar-refractivity contribution in [1.29, 1.82) is 0 Å². The molecule has 0 amide bonds. The van der Waals surface area contributed by atoms with E-state index >= 15 is 0 Å². The monoisotopic (exact) mass is 223 g/mol. The van der Waals surface area contributed by atoms with Crippen molar-refractivity contribution in [3.63, 3.8) is 0 Å². The lowest BCUT2D eigenvalue weighted by atomic mass is 9.70. The Kier molecular flexibility index (Phi) is 3.68. The van der Waals surface area contributed by atoms with E-state index in [0.717, 1.165) is 31.6 Å². The number of Topliss-reactive ketones (excluding diaryl/α,β-unsaturated/α-hetero) is 1. The van der Waals surface area contributed by atoms with E-state index in [1.807, 2.05) is 0 Å². The van der Waals surface area contributed by atoms with Crippen LogP contribution in [-0.4, -0.2) is 12.3 Å². The molecule has 0 radical (unpaired) electrons. The van der Waals surface area contributed by atoms with E-state index in [2.05, 4.69) is 6.92 Å². The Hall–Kier alpha value is -0.370. The molecule has 2 nitrogen and oxygen atoms in total. The third-order valence-corrected chi connectivity index (χ3v) is 4.86. The highest BCUT2D eigenvalue weighted by molar-refractivity contribution is 5.87. The van der Waals surface area contributed by atoms with E-state index in [-0.39, 0.29) is 5.41 Å². The molecule has 2 aliphatic rings. The third kappa shape index (κ3) is 2.17. The van der Waals surface area contributed by atoms with Gasteiger partial charge >= 0.3 is 0 Å². The molecule has 16 heavy (non-hydrogen) atoms. The topological polar surface area (TPSA) is 43.1 Å². The predicted octanol–water partition coefficient (Wildman–Crippen LogP) is 2.90. The van der Waals surface area contributed by atoms with Gasteiger partial charge in [-0.25, -0.2) is 0 Å². The summed E-state index contributed by atoms with van der Waals surface area (Å²) < 4.78 is 0. The zero-order valence-corrected chi connectivity index (χ0v) is 10.5. The van der Waals surface area contributed by atoms with Crippen LogP contribution >= 0.6 is 0 Å². The minimum Gasteiger partial charge on any atom is -0.329 e. The fourth-order valence-electron chi connectivity index (χ4n) is 3.56. The van der Waals surface area contributed by atoms with Gasteiger partial charge in [0.25, 0.3) is 0 Å². The van der Waals surface area contributed by atoms with E-state index in [0.29, 0.717) is 18.2 Å². The van der Waals surface area contributed by atoms with E-state index in [4.69, 9.17) is 5.73 Å². The summed E-state index contributed by atoms with van der Waals surface area (Å²) in [6.45, 7) is 2.88. The molecule has 0 saturated heterocycles. The number of carbonyl (C=O) groups excluding carboxylic acids is 1. The van der Waals surface area contributed by atoms with Crippen LogP contribution in [-0.2, 0) is 4.79 Å². The first-order valence-electron chi connectivity index (χ1n) is 6.92. The lowest BCUT2D eigenvalue weighted by Crippen LogP contribution is -2.41. The van der Waals surface area contributed by atoms with Gasteiger partial charge in [-0.05, 0) is 31.6 Å². The Morgan fingerprint density at radius 1 is 1.19 bits per heavy atom. The SMILES string of the molecule is CC1CCC(C(=O)C2(CN)CCCC2)CC1. The maximum absolute atomic E-state index is 12.6. The number of nitrogens with two attached hydrogens (primary N) is 1. The molecule has 0 aromatic heterocycles. The highest BCUT2D eigenvalue weighted by atomic mass is 16.1. The zero-order chi connectivity index (χ0) is 11.6.